The van der Waals surface area contributed by atoms with Crippen LogP contribution in [0, 0.1) is 13.8 Å². The summed E-state index contributed by atoms with van der Waals surface area (Å²) in [5.41, 5.74) is 3.26. The third-order valence-corrected chi connectivity index (χ3v) is 3.74. The number of carbonyl (C=O) groups is 1. The minimum atomic E-state index is -0.235. The fourth-order valence-corrected chi connectivity index (χ4v) is 2.65. The summed E-state index contributed by atoms with van der Waals surface area (Å²) in [6, 6.07) is 11.4. The Kier molecular flexibility index (Phi) is 5.28. The van der Waals surface area contributed by atoms with E-state index in [-0.39, 0.29) is 12.8 Å². The predicted octanol–water partition coefficient (Wildman–Crippen LogP) is 2.91. The SMILES string of the molecule is Cc1cc(C)cc(OCCNC(=O)NCc2ccc3c(c2)OCO3)c1. The van der Waals surface area contributed by atoms with Gasteiger partial charge in [-0.25, -0.2) is 4.79 Å². The third kappa shape index (κ3) is 4.79. The van der Waals surface area contributed by atoms with E-state index in [1.807, 2.05) is 44.2 Å². The fourth-order valence-electron chi connectivity index (χ4n) is 2.65. The van der Waals surface area contributed by atoms with Crippen molar-refractivity contribution in [2.75, 3.05) is 19.9 Å². The summed E-state index contributed by atoms with van der Waals surface area (Å²) in [5.74, 6) is 2.26. The largest absolute Gasteiger partial charge is 0.492 e. The van der Waals surface area contributed by atoms with Crippen LogP contribution in [0.15, 0.2) is 36.4 Å². The maximum atomic E-state index is 11.8. The van der Waals surface area contributed by atoms with Crippen LogP contribution in [-0.2, 0) is 6.54 Å². The van der Waals surface area contributed by atoms with E-state index in [2.05, 4.69) is 16.7 Å². The first-order chi connectivity index (χ1) is 12.1. The van der Waals surface area contributed by atoms with Crippen LogP contribution in [-0.4, -0.2) is 26.0 Å². The lowest BCUT2D eigenvalue weighted by Crippen LogP contribution is -2.37. The molecule has 3 rings (SSSR count). The zero-order chi connectivity index (χ0) is 17.6. The molecule has 2 aromatic rings. The molecule has 0 unspecified atom stereocenters. The molecular weight excluding hydrogens is 320 g/mol. The minimum Gasteiger partial charge on any atom is -0.492 e. The number of hydrogen-bond donors (Lipinski definition) is 2. The first-order valence-electron chi connectivity index (χ1n) is 8.21. The van der Waals surface area contributed by atoms with Gasteiger partial charge in [-0.3, -0.25) is 0 Å². The first-order valence-corrected chi connectivity index (χ1v) is 8.21. The van der Waals surface area contributed by atoms with Crippen molar-refractivity contribution in [2.24, 2.45) is 0 Å². The van der Waals surface area contributed by atoms with Crippen molar-refractivity contribution in [3.8, 4) is 17.2 Å². The molecule has 0 aromatic heterocycles. The van der Waals surface area contributed by atoms with Gasteiger partial charge in [0.2, 0.25) is 6.79 Å². The number of amides is 2. The summed E-state index contributed by atoms with van der Waals surface area (Å²) in [6.45, 7) is 5.57. The van der Waals surface area contributed by atoms with Crippen molar-refractivity contribution in [3.05, 3.63) is 53.1 Å². The molecule has 0 saturated heterocycles. The Morgan fingerprint density at radius 3 is 2.60 bits per heavy atom. The Labute approximate surface area is 147 Å². The van der Waals surface area contributed by atoms with Gasteiger partial charge in [0.05, 0.1) is 6.54 Å². The molecule has 0 aliphatic carbocycles. The van der Waals surface area contributed by atoms with Crippen LogP contribution < -0.4 is 24.8 Å². The molecule has 0 fully saturated rings. The van der Waals surface area contributed by atoms with Gasteiger partial charge in [-0.05, 0) is 54.8 Å². The summed E-state index contributed by atoms with van der Waals surface area (Å²) in [6.07, 6.45) is 0. The van der Waals surface area contributed by atoms with Gasteiger partial charge in [0.25, 0.3) is 0 Å². The summed E-state index contributed by atoms with van der Waals surface area (Å²) in [4.78, 5) is 11.8. The van der Waals surface area contributed by atoms with Gasteiger partial charge in [0.1, 0.15) is 12.4 Å². The smallest absolute Gasteiger partial charge is 0.315 e. The molecule has 25 heavy (non-hydrogen) atoms. The van der Waals surface area contributed by atoms with Gasteiger partial charge in [-0.15, -0.1) is 0 Å². The second kappa shape index (κ2) is 7.79. The van der Waals surface area contributed by atoms with Gasteiger partial charge in [-0.1, -0.05) is 12.1 Å². The number of hydrogen-bond acceptors (Lipinski definition) is 4. The monoisotopic (exact) mass is 342 g/mol. The molecule has 1 aliphatic rings. The van der Waals surface area contributed by atoms with E-state index in [1.54, 1.807) is 0 Å². The Hall–Kier alpha value is -2.89. The molecule has 0 radical (unpaired) electrons. The molecule has 0 bridgehead atoms. The van der Waals surface area contributed by atoms with Crippen molar-refractivity contribution in [2.45, 2.75) is 20.4 Å². The highest BCUT2D eigenvalue weighted by atomic mass is 16.7. The number of ether oxygens (including phenoxy) is 3. The van der Waals surface area contributed by atoms with E-state index in [0.717, 1.165) is 28.2 Å². The molecule has 1 aliphatic heterocycles. The third-order valence-electron chi connectivity index (χ3n) is 3.74. The lowest BCUT2D eigenvalue weighted by Gasteiger charge is -2.10. The van der Waals surface area contributed by atoms with E-state index < -0.39 is 0 Å². The maximum Gasteiger partial charge on any atom is 0.315 e. The molecule has 0 atom stereocenters. The standard InChI is InChI=1S/C19H22N2O4/c1-13-7-14(2)9-16(8-13)23-6-5-20-19(22)21-11-15-3-4-17-18(10-15)25-12-24-17/h3-4,7-10H,5-6,11-12H2,1-2H3,(H2,20,21,22). The van der Waals surface area contributed by atoms with E-state index in [9.17, 15) is 4.79 Å². The number of nitrogens with one attached hydrogen (secondary N) is 2. The average molecular weight is 342 g/mol. The summed E-state index contributed by atoms with van der Waals surface area (Å²) >= 11 is 0. The highest BCUT2D eigenvalue weighted by Gasteiger charge is 2.13. The van der Waals surface area contributed by atoms with E-state index >= 15 is 0 Å². The molecule has 0 spiro atoms. The molecule has 0 saturated carbocycles. The zero-order valence-electron chi connectivity index (χ0n) is 14.4. The van der Waals surface area contributed by atoms with E-state index in [4.69, 9.17) is 14.2 Å². The lowest BCUT2D eigenvalue weighted by molar-refractivity contribution is 0.174. The van der Waals surface area contributed by atoms with E-state index in [0.29, 0.717) is 25.4 Å². The molecule has 6 heteroatoms. The zero-order valence-corrected chi connectivity index (χ0v) is 14.4. The summed E-state index contributed by atoms with van der Waals surface area (Å²) in [5, 5.41) is 5.58. The Balaban J connectivity index is 1.37. The second-order valence-electron chi connectivity index (χ2n) is 5.97. The Morgan fingerprint density at radius 2 is 1.80 bits per heavy atom. The van der Waals surface area contributed by atoms with Crippen molar-refractivity contribution < 1.29 is 19.0 Å². The first kappa shape index (κ1) is 17.0. The molecule has 132 valence electrons. The molecule has 1 heterocycles. The highest BCUT2D eigenvalue weighted by molar-refractivity contribution is 5.73. The number of urea groups is 1. The Bertz CT molecular complexity index is 741. The number of carbonyl (C=O) groups excluding carboxylic acids is 1. The molecule has 2 aromatic carbocycles. The molecule has 2 N–H and O–H groups in total. The number of aryl methyl sites for hydroxylation is 2. The van der Waals surface area contributed by atoms with Crippen molar-refractivity contribution in [1.82, 2.24) is 10.6 Å². The van der Waals surface area contributed by atoms with Crippen LogP contribution in [0.5, 0.6) is 17.2 Å². The topological polar surface area (TPSA) is 68.8 Å². The lowest BCUT2D eigenvalue weighted by atomic mass is 10.1. The Morgan fingerprint density at radius 1 is 1.04 bits per heavy atom. The summed E-state index contributed by atoms with van der Waals surface area (Å²) < 4.78 is 16.2. The average Bonchev–Trinajstić information content (AvgIpc) is 3.04. The second-order valence-corrected chi connectivity index (χ2v) is 5.97. The van der Waals surface area contributed by atoms with Crippen LogP contribution in [0.25, 0.3) is 0 Å². The van der Waals surface area contributed by atoms with Crippen molar-refractivity contribution >= 4 is 6.03 Å². The van der Waals surface area contributed by atoms with Crippen molar-refractivity contribution in [3.63, 3.8) is 0 Å². The van der Waals surface area contributed by atoms with Crippen LogP contribution in [0.2, 0.25) is 0 Å². The van der Waals surface area contributed by atoms with Crippen LogP contribution in [0.3, 0.4) is 0 Å². The van der Waals surface area contributed by atoms with Gasteiger partial charge in [0, 0.05) is 6.54 Å². The van der Waals surface area contributed by atoms with Crippen LogP contribution in [0.4, 0.5) is 4.79 Å². The van der Waals surface area contributed by atoms with Crippen LogP contribution in [0.1, 0.15) is 16.7 Å². The summed E-state index contributed by atoms with van der Waals surface area (Å²) in [7, 11) is 0. The van der Waals surface area contributed by atoms with Gasteiger partial charge >= 0.3 is 6.03 Å². The normalized spacial score (nSPS) is 11.9. The van der Waals surface area contributed by atoms with E-state index in [1.165, 1.54) is 0 Å². The van der Waals surface area contributed by atoms with Gasteiger partial charge < -0.3 is 24.8 Å². The fraction of sp³-hybridized carbons (Fsp3) is 0.316. The van der Waals surface area contributed by atoms with Crippen molar-refractivity contribution in [1.29, 1.82) is 0 Å². The number of rotatable bonds is 6. The number of fused-ring (bicyclic) bond motifs is 1. The van der Waals surface area contributed by atoms with Crippen LogP contribution >= 0.6 is 0 Å². The highest BCUT2D eigenvalue weighted by Crippen LogP contribution is 2.32. The molecular formula is C19H22N2O4. The quantitative estimate of drug-likeness (QED) is 0.792. The predicted molar refractivity (Wildman–Crippen MR) is 94.2 cm³/mol. The van der Waals surface area contributed by atoms with Gasteiger partial charge in [0.15, 0.2) is 11.5 Å². The van der Waals surface area contributed by atoms with Gasteiger partial charge in [-0.2, -0.15) is 0 Å². The molecule has 2 amide bonds. The molecule has 6 nitrogen and oxygen atoms in total. The minimum absolute atomic E-state index is 0.235. The number of benzene rings is 2. The maximum absolute atomic E-state index is 11.8.